The van der Waals surface area contributed by atoms with Crippen LogP contribution in [-0.2, 0) is 22.6 Å². The largest absolute Gasteiger partial charge is 0.354 e. The van der Waals surface area contributed by atoms with Crippen molar-refractivity contribution in [3.05, 3.63) is 84.6 Å². The molecule has 4 aromatic rings. The third-order valence-corrected chi connectivity index (χ3v) is 6.78. The molecule has 5 rings (SSSR count). The number of aromatic nitrogens is 1. The summed E-state index contributed by atoms with van der Waals surface area (Å²) in [5, 5.41) is 9.86. The van der Waals surface area contributed by atoms with Crippen LogP contribution in [0.25, 0.3) is 21.7 Å². The van der Waals surface area contributed by atoms with E-state index >= 15 is 0 Å². The number of hydrogen-bond donors (Lipinski definition) is 2. The summed E-state index contributed by atoms with van der Waals surface area (Å²) in [6.45, 7) is 1.32. The van der Waals surface area contributed by atoms with Crippen LogP contribution in [0.5, 0.6) is 0 Å². The van der Waals surface area contributed by atoms with Crippen molar-refractivity contribution >= 4 is 33.5 Å². The number of carbonyl (C=O) groups is 2. The predicted octanol–water partition coefficient (Wildman–Crippen LogP) is 4.58. The monoisotopic (exact) mass is 439 g/mol. The zero-order chi connectivity index (χ0) is 22.7. The molecule has 0 radical (unpaired) electrons. The van der Waals surface area contributed by atoms with Crippen LogP contribution in [0.4, 0.5) is 0 Å². The van der Waals surface area contributed by atoms with E-state index in [0.717, 1.165) is 19.4 Å². The van der Waals surface area contributed by atoms with Crippen molar-refractivity contribution < 1.29 is 9.59 Å². The molecule has 0 saturated carbocycles. The first-order valence-electron chi connectivity index (χ1n) is 11.7. The van der Waals surface area contributed by atoms with Crippen LogP contribution < -0.4 is 10.6 Å². The molecule has 1 atom stereocenters. The first kappa shape index (κ1) is 21.3. The molecule has 0 unspecified atom stereocenters. The summed E-state index contributed by atoms with van der Waals surface area (Å²) < 4.78 is 2.16. The average Bonchev–Trinajstić information content (AvgIpc) is 3.41. The zero-order valence-corrected chi connectivity index (χ0v) is 18.7. The maximum absolute atomic E-state index is 12.6. The molecule has 1 aliphatic rings. The van der Waals surface area contributed by atoms with Gasteiger partial charge in [0, 0.05) is 43.2 Å². The Balaban J connectivity index is 1.19. The number of benzene rings is 3. The highest BCUT2D eigenvalue weighted by Gasteiger charge is 2.37. The lowest BCUT2D eigenvalue weighted by Crippen LogP contribution is -2.44. The highest BCUT2D eigenvalue weighted by atomic mass is 16.2. The highest BCUT2D eigenvalue weighted by molar-refractivity contribution is 5.84. The lowest BCUT2D eigenvalue weighted by Gasteiger charge is -2.29. The number of nitrogens with zero attached hydrogens (tertiary/aromatic N) is 1. The highest BCUT2D eigenvalue weighted by Crippen LogP contribution is 2.30. The Labute approximate surface area is 193 Å². The van der Waals surface area contributed by atoms with Gasteiger partial charge in [0.05, 0.1) is 0 Å². The Morgan fingerprint density at radius 2 is 1.76 bits per heavy atom. The smallest absolute Gasteiger partial charge is 0.220 e. The van der Waals surface area contributed by atoms with Gasteiger partial charge in [0.15, 0.2) is 0 Å². The van der Waals surface area contributed by atoms with Gasteiger partial charge in [-0.05, 0) is 53.1 Å². The van der Waals surface area contributed by atoms with Crippen molar-refractivity contribution in [2.45, 2.75) is 44.2 Å². The van der Waals surface area contributed by atoms with E-state index in [9.17, 15) is 9.59 Å². The number of carbonyl (C=O) groups excluding carboxylic acids is 2. The normalized spacial score (nSPS) is 18.0. The molecule has 1 saturated heterocycles. The molecule has 1 fully saturated rings. The molecule has 5 heteroatoms. The number of amides is 2. The van der Waals surface area contributed by atoms with Gasteiger partial charge >= 0.3 is 0 Å². The lowest BCUT2D eigenvalue weighted by molar-refractivity contribution is -0.122. The number of hydrogen-bond acceptors (Lipinski definition) is 2. The van der Waals surface area contributed by atoms with Crippen molar-refractivity contribution in [3.8, 4) is 0 Å². The second-order valence-corrected chi connectivity index (χ2v) is 9.10. The summed E-state index contributed by atoms with van der Waals surface area (Å²) in [4.78, 5) is 24.7. The summed E-state index contributed by atoms with van der Waals surface area (Å²) in [5.74, 6) is 0.112. The Bertz CT molecular complexity index is 1310. The summed E-state index contributed by atoms with van der Waals surface area (Å²) in [7, 11) is 0. The van der Waals surface area contributed by atoms with Gasteiger partial charge in [-0.1, -0.05) is 60.7 Å². The van der Waals surface area contributed by atoms with Crippen LogP contribution in [0, 0.1) is 0 Å². The van der Waals surface area contributed by atoms with E-state index in [0.29, 0.717) is 25.8 Å². The van der Waals surface area contributed by atoms with Crippen LogP contribution in [0.3, 0.4) is 0 Å². The SMILES string of the molecule is O=C(CC[C@@]1(Cc2ccc3ccccc3c2)CCC(=O)N1)NCCn1ccc2ccccc21. The van der Waals surface area contributed by atoms with Gasteiger partial charge in [0.25, 0.3) is 0 Å². The van der Waals surface area contributed by atoms with Crippen molar-refractivity contribution in [1.29, 1.82) is 0 Å². The quantitative estimate of drug-likeness (QED) is 0.422. The van der Waals surface area contributed by atoms with Crippen LogP contribution in [0.1, 0.15) is 31.2 Å². The minimum Gasteiger partial charge on any atom is -0.354 e. The Morgan fingerprint density at radius 1 is 0.970 bits per heavy atom. The fourth-order valence-electron chi connectivity index (χ4n) is 5.01. The maximum atomic E-state index is 12.6. The molecule has 0 bridgehead atoms. The standard InChI is InChI=1S/C28H29N3O2/c32-26(29-16-18-31-17-13-23-6-3-4-8-25(23)31)11-14-28(15-12-27(33)30-28)20-21-9-10-22-5-1-2-7-24(22)19-21/h1-10,13,17,19H,11-12,14-16,18,20H2,(H,29,32)(H,30,33)/t28-/m0/s1. The van der Waals surface area contributed by atoms with Crippen LogP contribution >= 0.6 is 0 Å². The average molecular weight is 440 g/mol. The second-order valence-electron chi connectivity index (χ2n) is 9.10. The van der Waals surface area contributed by atoms with Gasteiger partial charge in [-0.3, -0.25) is 9.59 Å². The minimum atomic E-state index is -0.354. The van der Waals surface area contributed by atoms with Gasteiger partial charge < -0.3 is 15.2 Å². The molecule has 5 nitrogen and oxygen atoms in total. The molecule has 2 heterocycles. The molecule has 1 aromatic heterocycles. The zero-order valence-electron chi connectivity index (χ0n) is 18.7. The van der Waals surface area contributed by atoms with Crippen molar-refractivity contribution in [3.63, 3.8) is 0 Å². The molecule has 3 aromatic carbocycles. The van der Waals surface area contributed by atoms with Gasteiger partial charge in [0.2, 0.25) is 11.8 Å². The molecular weight excluding hydrogens is 410 g/mol. The van der Waals surface area contributed by atoms with Crippen LogP contribution in [0.15, 0.2) is 79.0 Å². The molecule has 2 N–H and O–H groups in total. The fraction of sp³-hybridized carbons (Fsp3) is 0.286. The molecule has 0 aliphatic carbocycles. The maximum Gasteiger partial charge on any atom is 0.220 e. The van der Waals surface area contributed by atoms with E-state index < -0.39 is 0 Å². The number of para-hydroxylation sites is 1. The van der Waals surface area contributed by atoms with Crippen LogP contribution in [0.2, 0.25) is 0 Å². The van der Waals surface area contributed by atoms with E-state index in [2.05, 4.69) is 69.9 Å². The third-order valence-electron chi connectivity index (χ3n) is 6.78. The van der Waals surface area contributed by atoms with Gasteiger partial charge in [-0.15, -0.1) is 0 Å². The van der Waals surface area contributed by atoms with Gasteiger partial charge in [-0.25, -0.2) is 0 Å². The van der Waals surface area contributed by atoms with E-state index in [4.69, 9.17) is 0 Å². The molecule has 1 aliphatic heterocycles. The number of nitrogens with one attached hydrogen (secondary N) is 2. The Morgan fingerprint density at radius 3 is 2.58 bits per heavy atom. The van der Waals surface area contributed by atoms with Crippen LogP contribution in [-0.4, -0.2) is 28.5 Å². The summed E-state index contributed by atoms with van der Waals surface area (Å²) in [6.07, 6.45) is 5.14. The minimum absolute atomic E-state index is 0.0329. The first-order chi connectivity index (χ1) is 16.1. The van der Waals surface area contributed by atoms with Crippen molar-refractivity contribution in [1.82, 2.24) is 15.2 Å². The molecule has 33 heavy (non-hydrogen) atoms. The summed E-state index contributed by atoms with van der Waals surface area (Å²) in [6, 6.07) is 25.1. The Kier molecular flexibility index (Phi) is 5.86. The topological polar surface area (TPSA) is 63.1 Å². The van der Waals surface area contributed by atoms with Gasteiger partial charge in [-0.2, -0.15) is 0 Å². The van der Waals surface area contributed by atoms with Gasteiger partial charge in [0.1, 0.15) is 0 Å². The second kappa shape index (κ2) is 9.10. The van der Waals surface area contributed by atoms with Crippen molar-refractivity contribution in [2.75, 3.05) is 6.54 Å². The van der Waals surface area contributed by atoms with E-state index in [1.54, 1.807) is 0 Å². The van der Waals surface area contributed by atoms with E-state index in [1.165, 1.54) is 27.2 Å². The third kappa shape index (κ3) is 4.77. The molecule has 2 amide bonds. The van der Waals surface area contributed by atoms with E-state index in [-0.39, 0.29) is 17.4 Å². The number of rotatable bonds is 8. The molecular formula is C28H29N3O2. The summed E-state index contributed by atoms with van der Waals surface area (Å²) >= 11 is 0. The molecule has 168 valence electrons. The first-order valence-corrected chi connectivity index (χ1v) is 11.7. The predicted molar refractivity (Wildman–Crippen MR) is 132 cm³/mol. The van der Waals surface area contributed by atoms with Crippen molar-refractivity contribution in [2.24, 2.45) is 0 Å². The molecule has 0 spiro atoms. The lowest BCUT2D eigenvalue weighted by atomic mass is 9.84. The Hall–Kier alpha value is -3.60. The fourth-order valence-corrected chi connectivity index (χ4v) is 5.01. The number of fused-ring (bicyclic) bond motifs is 2. The van der Waals surface area contributed by atoms with E-state index in [1.807, 2.05) is 24.3 Å². The summed E-state index contributed by atoms with van der Waals surface area (Å²) in [5.41, 5.74) is 2.01.